The van der Waals surface area contributed by atoms with Gasteiger partial charge in [0.25, 0.3) is 0 Å². The molecule has 0 fully saturated rings. The highest BCUT2D eigenvalue weighted by atomic mass is 32.1. The maximum atomic E-state index is 11.9. The summed E-state index contributed by atoms with van der Waals surface area (Å²) in [4.78, 5) is 17.9. The van der Waals surface area contributed by atoms with Gasteiger partial charge in [-0.3, -0.25) is 5.32 Å². The van der Waals surface area contributed by atoms with Crippen LogP contribution in [0.25, 0.3) is 0 Å². The summed E-state index contributed by atoms with van der Waals surface area (Å²) in [6.07, 6.45) is 0.993. The van der Waals surface area contributed by atoms with E-state index in [1.54, 1.807) is 11.6 Å². The molecule has 23 heavy (non-hydrogen) atoms. The minimum atomic E-state index is -0.640. The molecule has 0 aliphatic heterocycles. The van der Waals surface area contributed by atoms with Gasteiger partial charge < -0.3 is 15.3 Å². The zero-order valence-corrected chi connectivity index (χ0v) is 14.1. The van der Waals surface area contributed by atoms with Gasteiger partial charge in [-0.05, 0) is 19.7 Å². The first kappa shape index (κ1) is 17.4. The molecule has 124 valence electrons. The predicted molar refractivity (Wildman–Crippen MR) is 92.6 cm³/mol. The first-order valence-corrected chi connectivity index (χ1v) is 8.26. The Hall–Kier alpha value is -1.96. The fourth-order valence-corrected chi connectivity index (χ4v) is 2.84. The van der Waals surface area contributed by atoms with Crippen molar-refractivity contribution in [3.63, 3.8) is 0 Å². The Kier molecular flexibility index (Phi) is 6.52. The molecule has 0 radical (unpaired) electrons. The molecule has 0 spiro atoms. The van der Waals surface area contributed by atoms with E-state index in [1.165, 1.54) is 11.3 Å². The van der Waals surface area contributed by atoms with E-state index in [-0.39, 0.29) is 11.9 Å². The average molecular weight is 334 g/mol. The number of amides is 2. The van der Waals surface area contributed by atoms with Crippen LogP contribution in [0, 0.1) is 5.92 Å². The van der Waals surface area contributed by atoms with E-state index < -0.39 is 6.10 Å². The van der Waals surface area contributed by atoms with Crippen molar-refractivity contribution in [2.45, 2.75) is 6.10 Å². The van der Waals surface area contributed by atoms with Crippen molar-refractivity contribution in [1.29, 1.82) is 0 Å². The van der Waals surface area contributed by atoms with Gasteiger partial charge in [-0.2, -0.15) is 0 Å². The number of carbonyl (C=O) groups excluding carboxylic acids is 1. The minimum Gasteiger partial charge on any atom is -0.388 e. The molecule has 0 saturated heterocycles. The second kappa shape index (κ2) is 8.61. The normalized spacial score (nSPS) is 13.6. The molecule has 0 unspecified atom stereocenters. The van der Waals surface area contributed by atoms with E-state index in [1.807, 2.05) is 49.3 Å². The van der Waals surface area contributed by atoms with Gasteiger partial charge in [-0.25, -0.2) is 9.78 Å². The van der Waals surface area contributed by atoms with E-state index in [0.29, 0.717) is 18.2 Å². The molecule has 3 N–H and O–H groups in total. The summed E-state index contributed by atoms with van der Waals surface area (Å²) in [7, 11) is 3.89. The summed E-state index contributed by atoms with van der Waals surface area (Å²) >= 11 is 1.36. The van der Waals surface area contributed by atoms with Gasteiger partial charge in [0.2, 0.25) is 0 Å². The van der Waals surface area contributed by atoms with Crippen molar-refractivity contribution < 1.29 is 9.90 Å². The van der Waals surface area contributed by atoms with E-state index in [2.05, 4.69) is 15.6 Å². The third-order valence-corrected chi connectivity index (χ3v) is 4.05. The van der Waals surface area contributed by atoms with Crippen LogP contribution < -0.4 is 10.6 Å². The van der Waals surface area contributed by atoms with Crippen LogP contribution in [0.5, 0.6) is 0 Å². The topological polar surface area (TPSA) is 77.5 Å². The molecule has 0 saturated carbocycles. The molecular formula is C16H22N4O2S. The number of benzene rings is 1. The Labute approximate surface area is 140 Å². The van der Waals surface area contributed by atoms with Gasteiger partial charge in [0.15, 0.2) is 5.13 Å². The van der Waals surface area contributed by atoms with Crippen LogP contribution in [-0.4, -0.2) is 48.2 Å². The molecule has 2 atom stereocenters. The highest BCUT2D eigenvalue weighted by molar-refractivity contribution is 7.13. The molecule has 1 aromatic carbocycles. The smallest absolute Gasteiger partial charge is 0.321 e. The molecule has 6 nitrogen and oxygen atoms in total. The SMILES string of the molecule is CN(C)C[C@@H](CNC(=O)Nc1nccs1)[C@@H](O)c1ccccc1. The number of thiazole rings is 1. The number of nitrogens with one attached hydrogen (secondary N) is 2. The van der Waals surface area contributed by atoms with Crippen LogP contribution in [0.1, 0.15) is 11.7 Å². The van der Waals surface area contributed by atoms with E-state index in [0.717, 1.165) is 5.56 Å². The Balaban J connectivity index is 1.94. The summed E-state index contributed by atoms with van der Waals surface area (Å²) in [5, 5.41) is 18.4. The van der Waals surface area contributed by atoms with Crippen molar-refractivity contribution >= 4 is 22.5 Å². The molecule has 0 aliphatic rings. The van der Waals surface area contributed by atoms with Crippen molar-refractivity contribution in [3.8, 4) is 0 Å². The van der Waals surface area contributed by atoms with Gasteiger partial charge in [-0.15, -0.1) is 11.3 Å². The Morgan fingerprint density at radius 2 is 2.09 bits per heavy atom. The number of anilines is 1. The Morgan fingerprint density at radius 3 is 2.70 bits per heavy atom. The van der Waals surface area contributed by atoms with Crippen LogP contribution in [0.3, 0.4) is 0 Å². The summed E-state index contributed by atoms with van der Waals surface area (Å²) in [5.41, 5.74) is 0.849. The van der Waals surface area contributed by atoms with Crippen LogP contribution in [-0.2, 0) is 0 Å². The molecule has 0 aliphatic carbocycles. The molecule has 2 aromatic rings. The second-order valence-electron chi connectivity index (χ2n) is 5.55. The van der Waals surface area contributed by atoms with E-state index in [4.69, 9.17) is 0 Å². The van der Waals surface area contributed by atoms with Gasteiger partial charge >= 0.3 is 6.03 Å². The number of aliphatic hydroxyl groups excluding tert-OH is 1. The first-order chi connectivity index (χ1) is 11.1. The molecule has 7 heteroatoms. The lowest BCUT2D eigenvalue weighted by Gasteiger charge is -2.26. The second-order valence-corrected chi connectivity index (χ2v) is 6.44. The number of aromatic nitrogens is 1. The fourth-order valence-electron chi connectivity index (χ4n) is 2.32. The summed E-state index contributed by atoms with van der Waals surface area (Å²) < 4.78 is 0. The number of aliphatic hydroxyl groups is 1. The van der Waals surface area contributed by atoms with Crippen molar-refractivity contribution in [3.05, 3.63) is 47.5 Å². The summed E-state index contributed by atoms with van der Waals surface area (Å²) in [5.74, 6) is -0.116. The van der Waals surface area contributed by atoms with Gasteiger partial charge in [0, 0.05) is 30.6 Å². The molecule has 2 amide bonds. The zero-order valence-electron chi connectivity index (χ0n) is 13.3. The fraction of sp³-hybridized carbons (Fsp3) is 0.375. The zero-order chi connectivity index (χ0) is 16.7. The number of urea groups is 1. The molecule has 2 rings (SSSR count). The lowest BCUT2D eigenvalue weighted by Crippen LogP contribution is -2.39. The number of rotatable bonds is 7. The third kappa shape index (κ3) is 5.63. The monoisotopic (exact) mass is 334 g/mol. The predicted octanol–water partition coefficient (Wildman–Crippen LogP) is 2.18. The number of nitrogens with zero attached hydrogens (tertiary/aromatic N) is 2. The average Bonchev–Trinajstić information content (AvgIpc) is 3.04. The quantitative estimate of drug-likeness (QED) is 0.725. The van der Waals surface area contributed by atoms with Gasteiger partial charge in [-0.1, -0.05) is 30.3 Å². The van der Waals surface area contributed by atoms with Crippen LogP contribution in [0.4, 0.5) is 9.93 Å². The van der Waals surface area contributed by atoms with Crippen LogP contribution in [0.2, 0.25) is 0 Å². The molecule has 1 heterocycles. The maximum Gasteiger partial charge on any atom is 0.321 e. The maximum absolute atomic E-state index is 11.9. The number of hydrogen-bond donors (Lipinski definition) is 3. The third-order valence-electron chi connectivity index (χ3n) is 3.36. The van der Waals surface area contributed by atoms with E-state index in [9.17, 15) is 9.90 Å². The number of hydrogen-bond acceptors (Lipinski definition) is 5. The Morgan fingerprint density at radius 1 is 1.35 bits per heavy atom. The largest absolute Gasteiger partial charge is 0.388 e. The first-order valence-electron chi connectivity index (χ1n) is 7.38. The minimum absolute atomic E-state index is 0.116. The highest BCUT2D eigenvalue weighted by Gasteiger charge is 2.22. The lowest BCUT2D eigenvalue weighted by molar-refractivity contribution is 0.0911. The molecule has 0 bridgehead atoms. The van der Waals surface area contributed by atoms with Crippen molar-refractivity contribution in [2.24, 2.45) is 5.92 Å². The molecule has 1 aromatic heterocycles. The van der Waals surface area contributed by atoms with Crippen molar-refractivity contribution in [2.75, 3.05) is 32.5 Å². The van der Waals surface area contributed by atoms with E-state index >= 15 is 0 Å². The highest BCUT2D eigenvalue weighted by Crippen LogP contribution is 2.22. The van der Waals surface area contributed by atoms with Crippen LogP contribution >= 0.6 is 11.3 Å². The number of carbonyl (C=O) groups is 1. The van der Waals surface area contributed by atoms with Crippen LogP contribution in [0.15, 0.2) is 41.9 Å². The standard InChI is InChI=1S/C16H22N4O2S/c1-20(2)11-13(14(21)12-6-4-3-5-7-12)10-18-15(22)19-16-17-8-9-23-16/h3-9,13-14,21H,10-11H2,1-2H3,(H2,17,18,19,22)/t13-,14+/m1/s1. The van der Waals surface area contributed by atoms with Gasteiger partial charge in [0.05, 0.1) is 6.10 Å². The lowest BCUT2D eigenvalue weighted by atomic mass is 9.95. The van der Waals surface area contributed by atoms with Crippen molar-refractivity contribution in [1.82, 2.24) is 15.2 Å². The Bertz CT molecular complexity index is 589. The summed E-state index contributed by atoms with van der Waals surface area (Å²) in [6.45, 7) is 1.03. The molecular weight excluding hydrogens is 312 g/mol. The summed E-state index contributed by atoms with van der Waals surface area (Å²) in [6, 6.07) is 9.17. The van der Waals surface area contributed by atoms with Gasteiger partial charge in [0.1, 0.15) is 0 Å².